The van der Waals surface area contributed by atoms with E-state index in [2.05, 4.69) is 0 Å². The number of carboxylic acid groups (broad SMARTS) is 1. The predicted octanol–water partition coefficient (Wildman–Crippen LogP) is 1.81. The molecule has 1 aromatic carbocycles. The molecule has 82 valence electrons. The van der Waals surface area contributed by atoms with E-state index in [0.29, 0.717) is 12.1 Å². The molecule has 0 radical (unpaired) electrons. The molecule has 0 heterocycles. The van der Waals surface area contributed by atoms with E-state index in [1.54, 1.807) is 0 Å². The highest BCUT2D eigenvalue weighted by Crippen LogP contribution is 2.41. The van der Waals surface area contributed by atoms with Crippen LogP contribution < -0.4 is 0 Å². The van der Waals surface area contributed by atoms with Crippen LogP contribution in [0.3, 0.4) is 0 Å². The number of rotatable bonds is 1. The first-order chi connectivity index (χ1) is 6.75. The van der Waals surface area contributed by atoms with Crippen molar-refractivity contribution in [2.45, 2.75) is 6.18 Å². The zero-order valence-corrected chi connectivity index (χ0v) is 7.04. The molecule has 15 heavy (non-hydrogen) atoms. The van der Waals surface area contributed by atoms with Crippen molar-refractivity contribution >= 4 is 5.97 Å². The van der Waals surface area contributed by atoms with Gasteiger partial charge in [0.25, 0.3) is 0 Å². The average molecular weight is 222 g/mol. The third kappa shape index (κ3) is 1.95. The molecule has 0 unspecified atom stereocenters. The van der Waals surface area contributed by atoms with Crippen molar-refractivity contribution in [2.75, 3.05) is 0 Å². The van der Waals surface area contributed by atoms with Crippen LogP contribution in [0, 0.1) is 0 Å². The fourth-order valence-corrected chi connectivity index (χ4v) is 0.981. The van der Waals surface area contributed by atoms with Crippen molar-refractivity contribution in [3.05, 3.63) is 23.3 Å². The summed E-state index contributed by atoms with van der Waals surface area (Å²) in [4.78, 5) is 10.4. The second kappa shape index (κ2) is 3.34. The van der Waals surface area contributed by atoms with Crippen LogP contribution in [-0.2, 0) is 6.18 Å². The lowest BCUT2D eigenvalue weighted by Gasteiger charge is -2.10. The van der Waals surface area contributed by atoms with Gasteiger partial charge in [-0.25, -0.2) is 4.79 Å². The highest BCUT2D eigenvalue weighted by atomic mass is 19.4. The second-order valence-electron chi connectivity index (χ2n) is 2.66. The van der Waals surface area contributed by atoms with Gasteiger partial charge in [-0.2, -0.15) is 13.2 Å². The molecule has 1 aromatic rings. The van der Waals surface area contributed by atoms with Crippen LogP contribution in [0.5, 0.6) is 11.5 Å². The lowest BCUT2D eigenvalue weighted by Crippen LogP contribution is -2.07. The molecule has 4 nitrogen and oxygen atoms in total. The molecule has 0 saturated heterocycles. The Hall–Kier alpha value is -1.92. The number of alkyl halides is 3. The van der Waals surface area contributed by atoms with Crippen LogP contribution in [0.4, 0.5) is 13.2 Å². The number of hydrogen-bond donors (Lipinski definition) is 3. The molecule has 0 bridgehead atoms. The lowest BCUT2D eigenvalue weighted by molar-refractivity contribution is -0.138. The van der Waals surface area contributed by atoms with Gasteiger partial charge < -0.3 is 15.3 Å². The average Bonchev–Trinajstić information content (AvgIpc) is 2.06. The molecular formula is C8H5F3O4. The number of hydrogen-bond acceptors (Lipinski definition) is 3. The van der Waals surface area contributed by atoms with E-state index in [1.165, 1.54) is 0 Å². The van der Waals surface area contributed by atoms with Gasteiger partial charge in [-0.3, -0.25) is 0 Å². The van der Waals surface area contributed by atoms with Gasteiger partial charge in [-0.15, -0.1) is 0 Å². The highest BCUT2D eigenvalue weighted by molar-refractivity contribution is 5.92. The third-order valence-corrected chi connectivity index (χ3v) is 1.69. The van der Waals surface area contributed by atoms with Crippen molar-refractivity contribution in [3.63, 3.8) is 0 Å². The van der Waals surface area contributed by atoms with Crippen molar-refractivity contribution in [1.29, 1.82) is 0 Å². The number of carbonyl (C=O) groups is 1. The Bertz CT molecular complexity index is 411. The monoisotopic (exact) mass is 222 g/mol. The number of aromatic carboxylic acids is 1. The second-order valence-corrected chi connectivity index (χ2v) is 2.66. The smallest absolute Gasteiger partial charge is 0.420 e. The van der Waals surface area contributed by atoms with E-state index in [-0.39, 0.29) is 0 Å². The fourth-order valence-electron chi connectivity index (χ4n) is 0.981. The summed E-state index contributed by atoms with van der Waals surface area (Å²) >= 11 is 0. The summed E-state index contributed by atoms with van der Waals surface area (Å²) < 4.78 is 36.4. The maximum Gasteiger partial charge on any atom is 0.420 e. The van der Waals surface area contributed by atoms with E-state index in [1.807, 2.05) is 0 Å². The van der Waals surface area contributed by atoms with E-state index in [4.69, 9.17) is 15.3 Å². The van der Waals surface area contributed by atoms with E-state index >= 15 is 0 Å². The number of carboxylic acids is 1. The third-order valence-electron chi connectivity index (χ3n) is 1.69. The summed E-state index contributed by atoms with van der Waals surface area (Å²) in [6, 6.07) is 0.957. The quantitative estimate of drug-likeness (QED) is 0.633. The van der Waals surface area contributed by atoms with E-state index in [9.17, 15) is 18.0 Å². The van der Waals surface area contributed by atoms with Crippen LogP contribution in [0.15, 0.2) is 12.1 Å². The summed E-state index contributed by atoms with van der Waals surface area (Å²) in [6.45, 7) is 0. The van der Waals surface area contributed by atoms with Crippen LogP contribution in [0.25, 0.3) is 0 Å². The SMILES string of the molecule is O=C(O)c1ccc(C(F)(F)F)c(O)c1O. The molecule has 3 N–H and O–H groups in total. The van der Waals surface area contributed by atoms with Crippen LogP contribution in [0.2, 0.25) is 0 Å². The Labute approximate surface area is 81.2 Å². The normalized spacial score (nSPS) is 11.4. The van der Waals surface area contributed by atoms with Gasteiger partial charge in [-0.1, -0.05) is 0 Å². The summed E-state index contributed by atoms with van der Waals surface area (Å²) in [6.07, 6.45) is -4.85. The molecule has 0 aliphatic heterocycles. The zero-order valence-electron chi connectivity index (χ0n) is 7.04. The molecule has 0 saturated carbocycles. The van der Waals surface area contributed by atoms with Crippen molar-refractivity contribution < 1.29 is 33.3 Å². The van der Waals surface area contributed by atoms with Gasteiger partial charge >= 0.3 is 12.1 Å². The first-order valence-corrected chi connectivity index (χ1v) is 3.60. The lowest BCUT2D eigenvalue weighted by atomic mass is 10.1. The molecule has 0 atom stereocenters. The van der Waals surface area contributed by atoms with Gasteiger partial charge in [0.2, 0.25) is 0 Å². The van der Waals surface area contributed by atoms with E-state index < -0.39 is 34.8 Å². The topological polar surface area (TPSA) is 77.8 Å². The first-order valence-electron chi connectivity index (χ1n) is 3.60. The molecule has 0 fully saturated rings. The Morgan fingerprint density at radius 2 is 1.67 bits per heavy atom. The minimum absolute atomic E-state index is 0.387. The highest BCUT2D eigenvalue weighted by Gasteiger charge is 2.36. The van der Waals surface area contributed by atoms with Crippen molar-refractivity contribution in [2.24, 2.45) is 0 Å². The zero-order chi connectivity index (χ0) is 11.8. The summed E-state index contributed by atoms with van der Waals surface area (Å²) in [5.41, 5.74) is -2.27. The summed E-state index contributed by atoms with van der Waals surface area (Å²) in [5, 5.41) is 26.3. The number of aromatic hydroxyl groups is 2. The van der Waals surface area contributed by atoms with Gasteiger partial charge in [-0.05, 0) is 12.1 Å². The number of benzene rings is 1. The van der Waals surface area contributed by atoms with Crippen molar-refractivity contribution in [3.8, 4) is 11.5 Å². The first kappa shape index (κ1) is 11.2. The Kier molecular flexibility index (Phi) is 2.48. The molecule has 0 spiro atoms. The van der Waals surface area contributed by atoms with Crippen LogP contribution >= 0.6 is 0 Å². The number of halogens is 3. The van der Waals surface area contributed by atoms with Crippen molar-refractivity contribution in [1.82, 2.24) is 0 Å². The Morgan fingerprint density at radius 3 is 2.07 bits per heavy atom. The maximum absolute atomic E-state index is 12.1. The predicted molar refractivity (Wildman–Crippen MR) is 41.7 cm³/mol. The summed E-state index contributed by atoms with van der Waals surface area (Å²) in [7, 11) is 0. The van der Waals surface area contributed by atoms with Gasteiger partial charge in [0.1, 0.15) is 11.1 Å². The molecule has 1 rings (SSSR count). The molecule has 0 aliphatic carbocycles. The van der Waals surface area contributed by atoms with Crippen LogP contribution in [-0.4, -0.2) is 21.3 Å². The largest absolute Gasteiger partial charge is 0.504 e. The molecule has 0 amide bonds. The molecule has 0 aliphatic rings. The number of phenols is 2. The minimum atomic E-state index is -4.85. The Morgan fingerprint density at radius 1 is 1.13 bits per heavy atom. The number of phenolic OH excluding ortho intramolecular Hbond substituents is 1. The molecule has 7 heteroatoms. The minimum Gasteiger partial charge on any atom is -0.504 e. The standard InChI is InChI=1S/C8H5F3O4/c9-8(10,11)4-2-1-3(7(14)15)5(12)6(4)13/h1-2,12-13H,(H,14,15). The van der Waals surface area contributed by atoms with Gasteiger partial charge in [0.15, 0.2) is 11.5 Å². The maximum atomic E-state index is 12.1. The molecular weight excluding hydrogens is 217 g/mol. The van der Waals surface area contributed by atoms with Gasteiger partial charge in [0, 0.05) is 0 Å². The van der Waals surface area contributed by atoms with Crippen LogP contribution in [0.1, 0.15) is 15.9 Å². The fraction of sp³-hybridized carbons (Fsp3) is 0.125. The summed E-state index contributed by atoms with van der Waals surface area (Å²) in [5.74, 6) is -4.41. The Balaban J connectivity index is 3.41. The molecule has 0 aromatic heterocycles. The van der Waals surface area contributed by atoms with Gasteiger partial charge in [0.05, 0.1) is 0 Å². The van der Waals surface area contributed by atoms with E-state index in [0.717, 1.165) is 0 Å².